The van der Waals surface area contributed by atoms with Crippen LogP contribution in [0.1, 0.15) is 0 Å². The second-order valence-corrected chi connectivity index (χ2v) is 3.66. The van der Waals surface area contributed by atoms with Gasteiger partial charge in [0.05, 0.1) is 0 Å². The van der Waals surface area contributed by atoms with E-state index in [1.54, 1.807) is 0 Å². The monoisotopic (exact) mass is 590 g/mol. The molecule has 1 nitrogen and oxygen atoms in total. The van der Waals surface area contributed by atoms with E-state index in [0.29, 0.717) is 0 Å². The van der Waals surface area contributed by atoms with Crippen LogP contribution in [0.3, 0.4) is 0 Å². The molecule has 3 heteroatoms. The summed E-state index contributed by atoms with van der Waals surface area (Å²) in [6.45, 7) is 0. The third-order valence-corrected chi connectivity index (χ3v) is 2.64. The molecule has 0 amide bonds. The Hall–Kier alpha value is -0.851. The molecular weight excluding hydrogens is 579 g/mol. The quantitative estimate of drug-likeness (QED) is 0.396. The first kappa shape index (κ1) is 15.2. The Bertz CT molecular complexity index is 618. The molecule has 0 aliphatic carbocycles. The molecule has 0 aliphatic rings. The molecule has 2 radical (unpaired) electrons. The molecule has 0 saturated carbocycles. The predicted molar refractivity (Wildman–Crippen MR) is 66.0 cm³/mol. The Morgan fingerprint density at radius 3 is 2.39 bits per heavy atom. The van der Waals surface area contributed by atoms with Gasteiger partial charge in [0.25, 0.3) is 0 Å². The number of fused-ring (bicyclic) bond motifs is 1. The van der Waals surface area contributed by atoms with E-state index in [4.69, 9.17) is 0 Å². The Morgan fingerprint density at radius 2 is 1.61 bits per heavy atom. The molecule has 0 atom stereocenters. The summed E-state index contributed by atoms with van der Waals surface area (Å²) in [4.78, 5) is 4.45. The van der Waals surface area contributed by atoms with E-state index in [-0.39, 0.29) is 40.2 Å². The van der Waals surface area contributed by atoms with Gasteiger partial charge in [-0.3, -0.25) is 0 Å². The summed E-state index contributed by atoms with van der Waals surface area (Å²) < 4.78 is 0. The summed E-state index contributed by atoms with van der Waals surface area (Å²) in [5, 5.41) is 2.39. The van der Waals surface area contributed by atoms with Gasteiger partial charge in [0, 0.05) is 46.4 Å². The second-order valence-electron chi connectivity index (χ2n) is 3.66. The minimum absolute atomic E-state index is 0. The van der Waals surface area contributed by atoms with Crippen molar-refractivity contribution >= 4 is 10.8 Å². The Labute approximate surface area is 133 Å². The third-order valence-electron chi connectivity index (χ3n) is 2.64. The number of hydrogen-bond acceptors (Lipinski definition) is 1. The molecule has 0 fully saturated rings. The van der Waals surface area contributed by atoms with Gasteiger partial charge in [-0.15, -0.1) is 35.9 Å². The molecule has 1 heterocycles. The van der Waals surface area contributed by atoms with Crippen molar-refractivity contribution in [1.82, 2.24) is 4.98 Å². The van der Waals surface area contributed by atoms with E-state index in [1.165, 1.54) is 10.8 Å². The van der Waals surface area contributed by atoms with Crippen LogP contribution in [-0.2, 0) is 40.2 Å². The van der Waals surface area contributed by atoms with Gasteiger partial charge in [-0.05, 0) is 22.5 Å². The van der Waals surface area contributed by atoms with Gasteiger partial charge >= 0.3 is 0 Å². The van der Waals surface area contributed by atoms with E-state index in [1.807, 2.05) is 48.7 Å². The minimum Gasteiger partial charge on any atom is -0.304 e. The largest absolute Gasteiger partial charge is 0.304 e. The first-order valence-corrected chi connectivity index (χ1v) is 5.26. The molecule has 0 unspecified atom stereocenters. The Morgan fingerprint density at radius 1 is 0.833 bits per heavy atom. The van der Waals surface area contributed by atoms with Crippen LogP contribution in [0.4, 0.5) is 0 Å². The van der Waals surface area contributed by atoms with Gasteiger partial charge < -0.3 is 4.98 Å². The van der Waals surface area contributed by atoms with Gasteiger partial charge in [-0.2, -0.15) is 0 Å². The number of rotatable bonds is 1. The molecule has 0 spiro atoms. The van der Waals surface area contributed by atoms with E-state index in [9.17, 15) is 0 Å². The number of aromatic nitrogens is 1. The van der Waals surface area contributed by atoms with Crippen molar-refractivity contribution in [2.24, 2.45) is 0 Å². The van der Waals surface area contributed by atoms with Crippen molar-refractivity contribution in [3.8, 4) is 11.3 Å². The van der Waals surface area contributed by atoms with Gasteiger partial charge in [0.2, 0.25) is 0 Å². The van der Waals surface area contributed by atoms with Crippen LogP contribution >= 0.6 is 0 Å². The molecule has 3 rings (SSSR count). The molecule has 1 aromatic heterocycles. The molecule has 0 saturated heterocycles. The number of pyridine rings is 1. The van der Waals surface area contributed by atoms with Crippen molar-refractivity contribution < 1.29 is 40.2 Å². The van der Waals surface area contributed by atoms with Crippen LogP contribution in [0.5, 0.6) is 0 Å². The van der Waals surface area contributed by atoms with Crippen LogP contribution in [0, 0.1) is 6.07 Å². The fourth-order valence-electron chi connectivity index (χ4n) is 1.87. The summed E-state index contributed by atoms with van der Waals surface area (Å²) in [5.41, 5.74) is 2.04. The van der Waals surface area contributed by atoms with Crippen molar-refractivity contribution in [3.05, 3.63) is 66.9 Å². The van der Waals surface area contributed by atoms with Crippen molar-refractivity contribution in [3.63, 3.8) is 0 Å². The molecule has 0 bridgehead atoms. The van der Waals surface area contributed by atoms with Crippen molar-refractivity contribution in [1.29, 1.82) is 0 Å². The smallest absolute Gasteiger partial charge is 0.0167 e. The standard InChI is InChI=1S/C15H10N.2Ir/c1-2-7-13(8-3-1)15-14-9-5-4-6-12(14)10-11-16-15;;/h1-7,9-11H;;/q-1;;. The van der Waals surface area contributed by atoms with Crippen molar-refractivity contribution in [2.45, 2.75) is 0 Å². The van der Waals surface area contributed by atoms with Gasteiger partial charge in [0.15, 0.2) is 0 Å². The summed E-state index contributed by atoms with van der Waals surface area (Å²) in [5.74, 6) is 0. The van der Waals surface area contributed by atoms with Crippen molar-refractivity contribution in [2.75, 3.05) is 0 Å². The summed E-state index contributed by atoms with van der Waals surface area (Å²) in [6, 6.07) is 21.4. The zero-order valence-electron chi connectivity index (χ0n) is 9.39. The Kier molecular flexibility index (Phi) is 5.84. The van der Waals surface area contributed by atoms with Gasteiger partial charge in [-0.25, -0.2) is 0 Å². The summed E-state index contributed by atoms with van der Waals surface area (Å²) >= 11 is 0. The zero-order chi connectivity index (χ0) is 10.8. The molecule has 94 valence electrons. The Balaban J connectivity index is 0.000000810. The van der Waals surface area contributed by atoms with E-state index >= 15 is 0 Å². The molecule has 2 aromatic carbocycles. The van der Waals surface area contributed by atoms with E-state index in [0.717, 1.165) is 11.3 Å². The van der Waals surface area contributed by atoms with E-state index < -0.39 is 0 Å². The average Bonchev–Trinajstić information content (AvgIpc) is 2.39. The predicted octanol–water partition coefficient (Wildman–Crippen LogP) is 3.70. The normalized spacial score (nSPS) is 9.33. The van der Waals surface area contributed by atoms with Crippen LogP contribution in [0.25, 0.3) is 22.0 Å². The van der Waals surface area contributed by atoms with E-state index in [2.05, 4.69) is 23.2 Å². The van der Waals surface area contributed by atoms with Crippen LogP contribution in [0.2, 0.25) is 0 Å². The maximum atomic E-state index is 4.45. The molecule has 3 aromatic rings. The zero-order valence-corrected chi connectivity index (χ0v) is 14.2. The topological polar surface area (TPSA) is 12.9 Å². The minimum atomic E-state index is 0. The maximum absolute atomic E-state index is 4.45. The van der Waals surface area contributed by atoms with Crippen LogP contribution in [0.15, 0.2) is 60.8 Å². The second kappa shape index (κ2) is 6.92. The molecule has 18 heavy (non-hydrogen) atoms. The maximum Gasteiger partial charge on any atom is 0.0167 e. The third kappa shape index (κ3) is 2.93. The fraction of sp³-hybridized carbons (Fsp3) is 0. The summed E-state index contributed by atoms with van der Waals surface area (Å²) in [7, 11) is 0. The van der Waals surface area contributed by atoms with Crippen LogP contribution in [-0.4, -0.2) is 4.98 Å². The first-order valence-electron chi connectivity index (χ1n) is 5.26. The molecule has 0 N–H and O–H groups in total. The van der Waals surface area contributed by atoms with Gasteiger partial charge in [0.1, 0.15) is 0 Å². The fourth-order valence-corrected chi connectivity index (χ4v) is 1.87. The van der Waals surface area contributed by atoms with Gasteiger partial charge in [-0.1, -0.05) is 24.3 Å². The molecular formula is C15H10Ir2N-. The SMILES string of the molecule is [Ir].[Ir].[c-]1ccccc1-c1nccc2ccccc12. The number of nitrogens with zero attached hydrogens (tertiary/aromatic N) is 1. The number of hydrogen-bond donors (Lipinski definition) is 0. The number of benzene rings is 2. The van der Waals surface area contributed by atoms with Crippen LogP contribution < -0.4 is 0 Å². The average molecular weight is 589 g/mol. The molecule has 0 aliphatic heterocycles. The summed E-state index contributed by atoms with van der Waals surface area (Å²) in [6.07, 6.45) is 1.85. The first-order chi connectivity index (χ1) is 7.95.